The molecule has 0 aliphatic heterocycles. The Labute approximate surface area is 123 Å². The van der Waals surface area contributed by atoms with E-state index in [4.69, 9.17) is 0 Å². The third kappa shape index (κ3) is 3.22. The molecular weight excluding hydrogens is 330 g/mol. The van der Waals surface area contributed by atoms with Crippen molar-refractivity contribution in [2.75, 3.05) is 17.2 Å². The zero-order chi connectivity index (χ0) is 14.7. The van der Waals surface area contributed by atoms with E-state index < -0.39 is 11.6 Å². The third-order valence-electron chi connectivity index (χ3n) is 2.57. The molecule has 106 valence electrons. The number of aromatic nitrogens is 2. The van der Waals surface area contributed by atoms with Crippen LogP contribution in [0.5, 0.6) is 0 Å². The topological polar surface area (TPSA) is 49.8 Å². The van der Waals surface area contributed by atoms with Crippen LogP contribution in [-0.4, -0.2) is 16.5 Å². The maximum absolute atomic E-state index is 13.7. The molecule has 0 atom stereocenters. The van der Waals surface area contributed by atoms with Crippen LogP contribution >= 0.6 is 15.9 Å². The number of benzene rings is 1. The molecule has 1 aromatic carbocycles. The van der Waals surface area contributed by atoms with Gasteiger partial charge in [0.2, 0.25) is 5.95 Å². The zero-order valence-electron chi connectivity index (χ0n) is 11.0. The van der Waals surface area contributed by atoms with Gasteiger partial charge in [-0.15, -0.1) is 0 Å². The third-order valence-corrected chi connectivity index (χ3v) is 3.18. The summed E-state index contributed by atoms with van der Waals surface area (Å²) in [7, 11) is 0. The first-order valence-corrected chi connectivity index (χ1v) is 6.79. The minimum atomic E-state index is -0.686. The number of aryl methyl sites for hydroxylation is 1. The predicted octanol–water partition coefficient (Wildman–Crippen LogP) is 4.00. The average molecular weight is 343 g/mol. The summed E-state index contributed by atoms with van der Waals surface area (Å²) < 4.78 is 27.1. The van der Waals surface area contributed by atoms with E-state index in [0.29, 0.717) is 18.3 Å². The normalized spacial score (nSPS) is 10.4. The van der Waals surface area contributed by atoms with Crippen LogP contribution in [0, 0.1) is 18.6 Å². The summed E-state index contributed by atoms with van der Waals surface area (Å²) in [5.74, 6) is -0.426. The van der Waals surface area contributed by atoms with E-state index in [1.54, 1.807) is 13.1 Å². The van der Waals surface area contributed by atoms with Gasteiger partial charge in [-0.25, -0.2) is 13.8 Å². The molecule has 0 amide bonds. The summed E-state index contributed by atoms with van der Waals surface area (Å²) >= 11 is 3.02. The van der Waals surface area contributed by atoms with Crippen LogP contribution in [-0.2, 0) is 0 Å². The van der Waals surface area contributed by atoms with Gasteiger partial charge >= 0.3 is 0 Å². The van der Waals surface area contributed by atoms with Gasteiger partial charge in [0, 0.05) is 24.4 Å². The Morgan fingerprint density at radius 1 is 1.25 bits per heavy atom. The van der Waals surface area contributed by atoms with Crippen molar-refractivity contribution in [3.63, 3.8) is 0 Å². The first-order valence-electron chi connectivity index (χ1n) is 6.00. The fourth-order valence-electron chi connectivity index (χ4n) is 1.56. The number of nitrogens with one attached hydrogen (secondary N) is 2. The maximum Gasteiger partial charge on any atom is 0.224 e. The molecule has 2 aromatic rings. The van der Waals surface area contributed by atoms with Crippen LogP contribution in [0.25, 0.3) is 0 Å². The second-order valence-electron chi connectivity index (χ2n) is 4.13. The Hall–Kier alpha value is -1.76. The smallest absolute Gasteiger partial charge is 0.224 e. The van der Waals surface area contributed by atoms with Crippen molar-refractivity contribution in [2.24, 2.45) is 0 Å². The molecule has 0 fully saturated rings. The molecular formula is C13H13BrF2N4. The average Bonchev–Trinajstić information content (AvgIpc) is 2.40. The van der Waals surface area contributed by atoms with Crippen LogP contribution in [0.4, 0.5) is 26.2 Å². The minimum Gasteiger partial charge on any atom is -0.354 e. The Kier molecular flexibility index (Phi) is 4.49. The van der Waals surface area contributed by atoms with Gasteiger partial charge in [0.25, 0.3) is 0 Å². The number of rotatable bonds is 4. The lowest BCUT2D eigenvalue weighted by Gasteiger charge is -2.11. The molecule has 2 rings (SSSR count). The molecule has 0 bridgehead atoms. The summed E-state index contributed by atoms with van der Waals surface area (Å²) in [5.41, 5.74) is 0.897. The van der Waals surface area contributed by atoms with Crippen LogP contribution in [0.3, 0.4) is 0 Å². The van der Waals surface area contributed by atoms with Crippen molar-refractivity contribution in [1.29, 1.82) is 0 Å². The van der Waals surface area contributed by atoms with Crippen LogP contribution < -0.4 is 10.6 Å². The van der Waals surface area contributed by atoms with Crippen molar-refractivity contribution >= 4 is 33.4 Å². The Bertz CT molecular complexity index is 634. The molecule has 7 heteroatoms. The highest BCUT2D eigenvalue weighted by Crippen LogP contribution is 2.27. The van der Waals surface area contributed by atoms with Gasteiger partial charge in [0.15, 0.2) is 0 Å². The maximum atomic E-state index is 13.7. The SMILES string of the molecule is CCNc1ncc(C)c(Nc2cc(Br)c(F)cc2F)n1. The van der Waals surface area contributed by atoms with Crippen LogP contribution in [0.1, 0.15) is 12.5 Å². The van der Waals surface area contributed by atoms with Crippen molar-refractivity contribution in [3.8, 4) is 0 Å². The van der Waals surface area contributed by atoms with E-state index in [1.807, 2.05) is 6.92 Å². The molecule has 0 saturated heterocycles. The number of halogens is 3. The van der Waals surface area contributed by atoms with Gasteiger partial charge in [0.05, 0.1) is 10.2 Å². The lowest BCUT2D eigenvalue weighted by molar-refractivity contribution is 0.581. The second kappa shape index (κ2) is 6.13. The van der Waals surface area contributed by atoms with E-state index in [1.165, 1.54) is 6.07 Å². The van der Waals surface area contributed by atoms with Crippen molar-refractivity contribution in [3.05, 3.63) is 40.0 Å². The van der Waals surface area contributed by atoms with Gasteiger partial charge in [-0.3, -0.25) is 0 Å². The summed E-state index contributed by atoms with van der Waals surface area (Å²) in [4.78, 5) is 8.34. The molecule has 1 aromatic heterocycles. The minimum absolute atomic E-state index is 0.141. The fourth-order valence-corrected chi connectivity index (χ4v) is 1.90. The van der Waals surface area contributed by atoms with Crippen LogP contribution in [0.2, 0.25) is 0 Å². The van der Waals surface area contributed by atoms with Crippen molar-refractivity contribution in [1.82, 2.24) is 9.97 Å². The first kappa shape index (κ1) is 14.6. The van der Waals surface area contributed by atoms with Gasteiger partial charge < -0.3 is 10.6 Å². The van der Waals surface area contributed by atoms with Crippen molar-refractivity contribution in [2.45, 2.75) is 13.8 Å². The number of hydrogen-bond acceptors (Lipinski definition) is 4. The number of hydrogen-bond donors (Lipinski definition) is 2. The standard InChI is InChI=1S/C13H13BrF2N4/c1-3-17-13-18-6-7(2)12(20-13)19-11-4-8(14)9(15)5-10(11)16/h4-6H,3H2,1-2H3,(H2,17,18,19,20). The first-order chi connectivity index (χ1) is 9.51. The highest BCUT2D eigenvalue weighted by molar-refractivity contribution is 9.10. The molecule has 4 nitrogen and oxygen atoms in total. The Morgan fingerprint density at radius 3 is 2.70 bits per heavy atom. The van der Waals surface area contributed by atoms with Gasteiger partial charge in [-0.1, -0.05) is 0 Å². The van der Waals surface area contributed by atoms with Gasteiger partial charge in [-0.05, 0) is 35.8 Å². The number of nitrogens with zero attached hydrogens (tertiary/aromatic N) is 2. The molecule has 2 N–H and O–H groups in total. The second-order valence-corrected chi connectivity index (χ2v) is 4.98. The fraction of sp³-hybridized carbons (Fsp3) is 0.231. The quantitative estimate of drug-likeness (QED) is 0.824. The summed E-state index contributed by atoms with van der Waals surface area (Å²) in [6, 6.07) is 2.15. The molecule has 20 heavy (non-hydrogen) atoms. The molecule has 0 spiro atoms. The lowest BCUT2D eigenvalue weighted by atomic mass is 10.2. The Balaban J connectivity index is 2.34. The van der Waals surface area contributed by atoms with E-state index in [0.717, 1.165) is 11.6 Å². The van der Waals surface area contributed by atoms with E-state index in [-0.39, 0.29) is 10.2 Å². The molecule has 0 saturated carbocycles. The number of anilines is 3. The van der Waals surface area contributed by atoms with E-state index >= 15 is 0 Å². The largest absolute Gasteiger partial charge is 0.354 e. The molecule has 0 radical (unpaired) electrons. The highest BCUT2D eigenvalue weighted by atomic mass is 79.9. The summed E-state index contributed by atoms with van der Waals surface area (Å²) in [6.45, 7) is 4.40. The zero-order valence-corrected chi connectivity index (χ0v) is 12.6. The molecule has 0 aliphatic carbocycles. The molecule has 1 heterocycles. The van der Waals surface area contributed by atoms with Crippen LogP contribution in [0.15, 0.2) is 22.8 Å². The molecule has 0 aliphatic rings. The highest BCUT2D eigenvalue weighted by Gasteiger charge is 2.11. The summed E-state index contributed by atoms with van der Waals surface area (Å²) in [5, 5.41) is 5.82. The molecule has 0 unspecified atom stereocenters. The predicted molar refractivity (Wildman–Crippen MR) is 78.3 cm³/mol. The van der Waals surface area contributed by atoms with Gasteiger partial charge in [0.1, 0.15) is 17.5 Å². The summed E-state index contributed by atoms with van der Waals surface area (Å²) in [6.07, 6.45) is 1.63. The van der Waals surface area contributed by atoms with E-state index in [9.17, 15) is 8.78 Å². The monoisotopic (exact) mass is 342 g/mol. The van der Waals surface area contributed by atoms with Gasteiger partial charge in [-0.2, -0.15) is 4.98 Å². The Morgan fingerprint density at radius 2 is 2.00 bits per heavy atom. The van der Waals surface area contributed by atoms with Crippen molar-refractivity contribution < 1.29 is 8.78 Å². The lowest BCUT2D eigenvalue weighted by Crippen LogP contribution is -2.06. The van der Waals surface area contributed by atoms with E-state index in [2.05, 4.69) is 36.5 Å².